The van der Waals surface area contributed by atoms with Crippen molar-refractivity contribution in [1.82, 2.24) is 10.3 Å². The summed E-state index contributed by atoms with van der Waals surface area (Å²) >= 11 is 1.53. The van der Waals surface area contributed by atoms with E-state index in [0.29, 0.717) is 19.4 Å². The van der Waals surface area contributed by atoms with Crippen LogP contribution in [0.4, 0.5) is 4.39 Å². The quantitative estimate of drug-likeness (QED) is 0.903. The summed E-state index contributed by atoms with van der Waals surface area (Å²) in [5.41, 5.74) is 1.86. The molecule has 22 heavy (non-hydrogen) atoms. The number of aromatic nitrogens is 1. The molecule has 0 saturated carbocycles. The van der Waals surface area contributed by atoms with Crippen LogP contribution < -0.4 is 5.32 Å². The van der Waals surface area contributed by atoms with Crippen LogP contribution in [0.1, 0.15) is 32.9 Å². The summed E-state index contributed by atoms with van der Waals surface area (Å²) in [6, 6.07) is 6.32. The molecule has 0 atom stereocenters. The van der Waals surface area contributed by atoms with Crippen LogP contribution in [0.15, 0.2) is 29.6 Å². The van der Waals surface area contributed by atoms with Gasteiger partial charge >= 0.3 is 0 Å². The third-order valence-corrected chi connectivity index (χ3v) is 3.98. The van der Waals surface area contributed by atoms with Crippen LogP contribution in [-0.2, 0) is 11.2 Å². The van der Waals surface area contributed by atoms with Crippen LogP contribution in [0.25, 0.3) is 10.6 Å². The monoisotopic (exact) mass is 320 g/mol. The van der Waals surface area contributed by atoms with E-state index in [9.17, 15) is 9.18 Å². The highest BCUT2D eigenvalue weighted by atomic mass is 32.1. The molecule has 0 fully saturated rings. The Bertz CT molecular complexity index is 629. The summed E-state index contributed by atoms with van der Waals surface area (Å²) in [5, 5.41) is 5.77. The lowest BCUT2D eigenvalue weighted by atomic mass is 9.92. The molecule has 0 saturated heterocycles. The number of nitrogens with one attached hydrogen (secondary N) is 1. The van der Waals surface area contributed by atoms with Crippen molar-refractivity contribution in [3.63, 3.8) is 0 Å². The number of carbonyl (C=O) groups is 1. The molecule has 1 aromatic heterocycles. The maximum absolute atomic E-state index is 12.9. The number of carbonyl (C=O) groups excluding carboxylic acids is 1. The van der Waals surface area contributed by atoms with Crippen molar-refractivity contribution >= 4 is 17.2 Å². The molecule has 0 radical (unpaired) electrons. The van der Waals surface area contributed by atoms with Crippen molar-refractivity contribution in [2.24, 2.45) is 5.41 Å². The molecule has 2 rings (SSSR count). The Kier molecular flexibility index (Phi) is 5.29. The first-order valence-corrected chi connectivity index (χ1v) is 8.18. The molecule has 1 amide bonds. The molecule has 0 aliphatic heterocycles. The van der Waals surface area contributed by atoms with E-state index in [-0.39, 0.29) is 17.1 Å². The Labute approximate surface area is 134 Å². The van der Waals surface area contributed by atoms with Crippen molar-refractivity contribution < 1.29 is 9.18 Å². The fraction of sp³-hybridized carbons (Fsp3) is 0.412. The summed E-state index contributed by atoms with van der Waals surface area (Å²) in [6.45, 7) is 6.72. The van der Waals surface area contributed by atoms with Crippen LogP contribution in [0.5, 0.6) is 0 Å². The molecular weight excluding hydrogens is 299 g/mol. The molecule has 0 unspecified atom stereocenters. The van der Waals surface area contributed by atoms with Crippen LogP contribution in [0, 0.1) is 11.2 Å². The molecular formula is C17H21FN2OS. The van der Waals surface area contributed by atoms with Gasteiger partial charge in [0.05, 0.1) is 5.69 Å². The fourth-order valence-electron chi connectivity index (χ4n) is 2.02. The number of benzene rings is 1. The van der Waals surface area contributed by atoms with Gasteiger partial charge in [-0.15, -0.1) is 11.3 Å². The highest BCUT2D eigenvalue weighted by molar-refractivity contribution is 7.13. The van der Waals surface area contributed by atoms with Gasteiger partial charge in [0.1, 0.15) is 10.8 Å². The normalized spacial score (nSPS) is 11.5. The minimum atomic E-state index is -0.248. The van der Waals surface area contributed by atoms with Gasteiger partial charge < -0.3 is 5.32 Å². The second-order valence-corrected chi connectivity index (χ2v) is 7.35. The van der Waals surface area contributed by atoms with E-state index in [1.165, 1.54) is 23.5 Å². The first-order valence-electron chi connectivity index (χ1n) is 7.30. The van der Waals surface area contributed by atoms with Crippen molar-refractivity contribution in [3.05, 3.63) is 41.2 Å². The van der Waals surface area contributed by atoms with E-state index >= 15 is 0 Å². The molecule has 5 heteroatoms. The minimum absolute atomic E-state index is 0.000463. The summed E-state index contributed by atoms with van der Waals surface area (Å²) < 4.78 is 12.9. The number of amides is 1. The third-order valence-electron chi connectivity index (χ3n) is 3.04. The van der Waals surface area contributed by atoms with Gasteiger partial charge in [-0.25, -0.2) is 9.37 Å². The van der Waals surface area contributed by atoms with Gasteiger partial charge in [-0.05, 0) is 29.7 Å². The van der Waals surface area contributed by atoms with Gasteiger partial charge in [-0.2, -0.15) is 0 Å². The topological polar surface area (TPSA) is 42.0 Å². The Morgan fingerprint density at radius 2 is 1.95 bits per heavy atom. The van der Waals surface area contributed by atoms with Gasteiger partial charge in [0.15, 0.2) is 0 Å². The van der Waals surface area contributed by atoms with Crippen LogP contribution in [-0.4, -0.2) is 17.4 Å². The zero-order chi connectivity index (χ0) is 16.2. The number of nitrogens with zero attached hydrogens (tertiary/aromatic N) is 1. The maximum atomic E-state index is 12.9. The number of halogens is 1. The van der Waals surface area contributed by atoms with Crippen LogP contribution in [0.3, 0.4) is 0 Å². The Balaban J connectivity index is 1.85. The number of thiazole rings is 1. The summed E-state index contributed by atoms with van der Waals surface area (Å²) in [5.74, 6) is -0.177. The maximum Gasteiger partial charge on any atom is 0.220 e. The van der Waals surface area contributed by atoms with E-state index in [1.54, 1.807) is 12.1 Å². The molecule has 1 heterocycles. The first-order chi connectivity index (χ1) is 10.3. The average Bonchev–Trinajstić information content (AvgIpc) is 2.86. The fourth-order valence-corrected chi connectivity index (χ4v) is 2.88. The zero-order valence-corrected chi connectivity index (χ0v) is 14.0. The summed E-state index contributed by atoms with van der Waals surface area (Å²) in [7, 11) is 0. The molecule has 0 bridgehead atoms. The number of rotatable bonds is 5. The molecule has 0 spiro atoms. The second kappa shape index (κ2) is 7.01. The van der Waals surface area contributed by atoms with Gasteiger partial charge in [-0.3, -0.25) is 4.79 Å². The summed E-state index contributed by atoms with van der Waals surface area (Å²) in [4.78, 5) is 16.3. The van der Waals surface area contributed by atoms with E-state index in [0.717, 1.165) is 16.3 Å². The molecule has 118 valence electrons. The van der Waals surface area contributed by atoms with Gasteiger partial charge in [0.25, 0.3) is 0 Å². The lowest BCUT2D eigenvalue weighted by Crippen LogP contribution is -2.29. The van der Waals surface area contributed by atoms with E-state index in [1.807, 2.05) is 26.2 Å². The van der Waals surface area contributed by atoms with Gasteiger partial charge in [0.2, 0.25) is 5.91 Å². The van der Waals surface area contributed by atoms with Crippen molar-refractivity contribution in [2.75, 3.05) is 6.54 Å². The largest absolute Gasteiger partial charge is 0.356 e. The molecule has 0 aliphatic carbocycles. The molecule has 1 aromatic carbocycles. The zero-order valence-electron chi connectivity index (χ0n) is 13.1. The second-order valence-electron chi connectivity index (χ2n) is 6.49. The van der Waals surface area contributed by atoms with Gasteiger partial charge in [0, 0.05) is 30.3 Å². The lowest BCUT2D eigenvalue weighted by molar-refractivity contribution is -0.122. The minimum Gasteiger partial charge on any atom is -0.356 e. The predicted octanol–water partition coefficient (Wildman–Crippen LogP) is 4.04. The molecule has 3 nitrogen and oxygen atoms in total. The molecule has 1 N–H and O–H groups in total. The average molecular weight is 320 g/mol. The van der Waals surface area contributed by atoms with Crippen LogP contribution >= 0.6 is 11.3 Å². The highest BCUT2D eigenvalue weighted by Crippen LogP contribution is 2.24. The highest BCUT2D eigenvalue weighted by Gasteiger charge is 2.15. The molecule has 0 aliphatic rings. The van der Waals surface area contributed by atoms with E-state index < -0.39 is 0 Å². The van der Waals surface area contributed by atoms with Crippen molar-refractivity contribution in [2.45, 2.75) is 33.6 Å². The van der Waals surface area contributed by atoms with Gasteiger partial charge in [-0.1, -0.05) is 20.8 Å². The van der Waals surface area contributed by atoms with Crippen molar-refractivity contribution in [1.29, 1.82) is 0 Å². The van der Waals surface area contributed by atoms with Crippen LogP contribution in [0.2, 0.25) is 0 Å². The summed E-state index contributed by atoms with van der Waals surface area (Å²) in [6.07, 6.45) is 1.22. The predicted molar refractivity (Wildman–Crippen MR) is 88.3 cm³/mol. The molecule has 2 aromatic rings. The third kappa shape index (κ3) is 5.22. The van der Waals surface area contributed by atoms with E-state index in [4.69, 9.17) is 0 Å². The Morgan fingerprint density at radius 1 is 1.27 bits per heavy atom. The Hall–Kier alpha value is -1.75. The number of hydrogen-bond acceptors (Lipinski definition) is 3. The first kappa shape index (κ1) is 16.6. The Morgan fingerprint density at radius 3 is 2.59 bits per heavy atom. The smallest absolute Gasteiger partial charge is 0.220 e. The van der Waals surface area contributed by atoms with E-state index in [2.05, 4.69) is 10.3 Å². The lowest BCUT2D eigenvalue weighted by Gasteiger charge is -2.17. The SMILES string of the molecule is CC(C)(C)CC(=O)NCCc1csc(-c2ccc(F)cc2)n1. The number of hydrogen-bond donors (Lipinski definition) is 1. The van der Waals surface area contributed by atoms with Crippen molar-refractivity contribution in [3.8, 4) is 10.6 Å². The standard InChI is InChI=1S/C17H21FN2OS/c1-17(2,3)10-15(21)19-9-8-14-11-22-16(20-14)12-4-6-13(18)7-5-12/h4-7,11H,8-10H2,1-3H3,(H,19,21).